The van der Waals surface area contributed by atoms with Crippen LogP contribution >= 0.6 is 0 Å². The van der Waals surface area contributed by atoms with E-state index in [-0.39, 0.29) is 0 Å². The maximum absolute atomic E-state index is 9.54. The topological polar surface area (TPSA) is 47.9 Å². The maximum Gasteiger partial charge on any atom is 0.161 e. The zero-order valence-corrected chi connectivity index (χ0v) is 11.6. The molecule has 2 unspecified atom stereocenters. The highest BCUT2D eigenvalue weighted by Gasteiger charge is 2.16. The molecule has 106 valence electrons. The van der Waals surface area contributed by atoms with E-state index in [0.717, 1.165) is 31.4 Å². The molecule has 2 atom stereocenters. The van der Waals surface area contributed by atoms with Gasteiger partial charge >= 0.3 is 0 Å². The predicted molar refractivity (Wildman–Crippen MR) is 72.7 cm³/mol. The zero-order chi connectivity index (χ0) is 13.7. The molecule has 1 aliphatic rings. The summed E-state index contributed by atoms with van der Waals surface area (Å²) in [7, 11) is 1.61. The number of benzene rings is 1. The minimum absolute atomic E-state index is 0.336. The van der Waals surface area contributed by atoms with Crippen molar-refractivity contribution in [1.82, 2.24) is 0 Å². The van der Waals surface area contributed by atoms with Gasteiger partial charge in [0.05, 0.1) is 25.9 Å². The standard InChI is InChI=1S/C15H22O4/c1-11(16)12-5-6-14(15(10-12)17-2)19-9-7-13-4-3-8-18-13/h5-6,10-11,13,16H,3-4,7-9H2,1-2H3. The Bertz CT molecular complexity index is 397. The molecule has 1 N–H and O–H groups in total. The molecule has 1 heterocycles. The number of aliphatic hydroxyl groups is 1. The number of methoxy groups -OCH3 is 1. The van der Waals surface area contributed by atoms with Gasteiger partial charge in [-0.1, -0.05) is 6.07 Å². The summed E-state index contributed by atoms with van der Waals surface area (Å²) < 4.78 is 16.6. The van der Waals surface area contributed by atoms with E-state index < -0.39 is 6.10 Å². The Hall–Kier alpha value is -1.26. The minimum Gasteiger partial charge on any atom is -0.493 e. The Morgan fingerprint density at radius 3 is 2.89 bits per heavy atom. The molecule has 1 fully saturated rings. The van der Waals surface area contributed by atoms with Crippen molar-refractivity contribution in [3.63, 3.8) is 0 Å². The van der Waals surface area contributed by atoms with Crippen LogP contribution in [0.3, 0.4) is 0 Å². The lowest BCUT2D eigenvalue weighted by Crippen LogP contribution is -2.11. The fourth-order valence-electron chi connectivity index (χ4n) is 2.24. The van der Waals surface area contributed by atoms with Crippen molar-refractivity contribution in [2.75, 3.05) is 20.3 Å². The fraction of sp³-hybridized carbons (Fsp3) is 0.600. The monoisotopic (exact) mass is 266 g/mol. The van der Waals surface area contributed by atoms with Gasteiger partial charge in [0.2, 0.25) is 0 Å². The number of ether oxygens (including phenoxy) is 3. The van der Waals surface area contributed by atoms with Crippen molar-refractivity contribution in [2.45, 2.75) is 38.4 Å². The molecule has 1 aromatic rings. The molecular formula is C15H22O4. The van der Waals surface area contributed by atoms with Crippen LogP contribution in [0.1, 0.15) is 37.9 Å². The van der Waals surface area contributed by atoms with Crippen molar-refractivity contribution in [3.05, 3.63) is 23.8 Å². The van der Waals surface area contributed by atoms with Crippen LogP contribution in [0.5, 0.6) is 11.5 Å². The third-order valence-electron chi connectivity index (χ3n) is 3.39. The number of aliphatic hydroxyl groups excluding tert-OH is 1. The molecule has 4 nitrogen and oxygen atoms in total. The van der Waals surface area contributed by atoms with Gasteiger partial charge in [-0.25, -0.2) is 0 Å². The van der Waals surface area contributed by atoms with Gasteiger partial charge in [-0.2, -0.15) is 0 Å². The van der Waals surface area contributed by atoms with Crippen LogP contribution in [0.15, 0.2) is 18.2 Å². The third-order valence-corrected chi connectivity index (χ3v) is 3.39. The lowest BCUT2D eigenvalue weighted by Gasteiger charge is -2.14. The first-order chi connectivity index (χ1) is 9.20. The highest BCUT2D eigenvalue weighted by Crippen LogP contribution is 2.30. The number of rotatable bonds is 6. The van der Waals surface area contributed by atoms with E-state index in [0.29, 0.717) is 24.2 Å². The van der Waals surface area contributed by atoms with E-state index in [2.05, 4.69) is 0 Å². The molecule has 0 aliphatic carbocycles. The zero-order valence-electron chi connectivity index (χ0n) is 11.6. The molecule has 4 heteroatoms. The van der Waals surface area contributed by atoms with Crippen molar-refractivity contribution in [2.24, 2.45) is 0 Å². The highest BCUT2D eigenvalue weighted by molar-refractivity contribution is 5.43. The van der Waals surface area contributed by atoms with E-state index in [1.165, 1.54) is 0 Å². The van der Waals surface area contributed by atoms with Crippen LogP contribution < -0.4 is 9.47 Å². The summed E-state index contributed by atoms with van der Waals surface area (Å²) in [6.07, 6.45) is 3.01. The Morgan fingerprint density at radius 1 is 1.42 bits per heavy atom. The number of hydrogen-bond donors (Lipinski definition) is 1. The van der Waals surface area contributed by atoms with Gasteiger partial charge in [0.25, 0.3) is 0 Å². The summed E-state index contributed by atoms with van der Waals surface area (Å²) in [5, 5.41) is 9.54. The van der Waals surface area contributed by atoms with Gasteiger partial charge in [-0.05, 0) is 37.5 Å². The summed E-state index contributed by atoms with van der Waals surface area (Å²) >= 11 is 0. The Balaban J connectivity index is 1.91. The molecule has 2 rings (SSSR count). The second-order valence-corrected chi connectivity index (χ2v) is 4.86. The second-order valence-electron chi connectivity index (χ2n) is 4.86. The maximum atomic E-state index is 9.54. The lowest BCUT2D eigenvalue weighted by molar-refractivity contribution is 0.0899. The Labute approximate surface area is 114 Å². The molecule has 0 bridgehead atoms. The molecule has 0 saturated carbocycles. The summed E-state index contributed by atoms with van der Waals surface area (Å²) in [6, 6.07) is 5.51. The van der Waals surface area contributed by atoms with Gasteiger partial charge in [0, 0.05) is 13.0 Å². The first-order valence-electron chi connectivity index (χ1n) is 6.81. The smallest absolute Gasteiger partial charge is 0.161 e. The van der Waals surface area contributed by atoms with Crippen LogP contribution in [-0.2, 0) is 4.74 Å². The largest absolute Gasteiger partial charge is 0.493 e. The van der Waals surface area contributed by atoms with Crippen molar-refractivity contribution < 1.29 is 19.3 Å². The van der Waals surface area contributed by atoms with E-state index in [4.69, 9.17) is 14.2 Å². The van der Waals surface area contributed by atoms with Gasteiger partial charge in [0.15, 0.2) is 11.5 Å². The van der Waals surface area contributed by atoms with Crippen molar-refractivity contribution in [1.29, 1.82) is 0 Å². The SMILES string of the molecule is COc1cc(C(C)O)ccc1OCCC1CCCO1. The number of hydrogen-bond acceptors (Lipinski definition) is 4. The lowest BCUT2D eigenvalue weighted by atomic mass is 10.1. The second kappa shape index (κ2) is 6.78. The molecular weight excluding hydrogens is 244 g/mol. The van der Waals surface area contributed by atoms with E-state index >= 15 is 0 Å². The fourth-order valence-corrected chi connectivity index (χ4v) is 2.24. The third kappa shape index (κ3) is 3.85. The minimum atomic E-state index is -0.505. The molecule has 1 saturated heterocycles. The van der Waals surface area contributed by atoms with Crippen LogP contribution in [0.25, 0.3) is 0 Å². The molecule has 0 aromatic heterocycles. The first-order valence-corrected chi connectivity index (χ1v) is 6.81. The van der Waals surface area contributed by atoms with E-state index in [1.807, 2.05) is 18.2 Å². The molecule has 1 aliphatic heterocycles. The normalized spacial score (nSPS) is 20.3. The molecule has 0 radical (unpaired) electrons. The summed E-state index contributed by atoms with van der Waals surface area (Å²) in [6.45, 7) is 3.22. The van der Waals surface area contributed by atoms with Crippen LogP contribution in [0.4, 0.5) is 0 Å². The van der Waals surface area contributed by atoms with Crippen molar-refractivity contribution in [3.8, 4) is 11.5 Å². The van der Waals surface area contributed by atoms with E-state index in [9.17, 15) is 5.11 Å². The molecule has 0 spiro atoms. The van der Waals surface area contributed by atoms with Gasteiger partial charge in [0.1, 0.15) is 0 Å². The van der Waals surface area contributed by atoms with Gasteiger partial charge < -0.3 is 19.3 Å². The van der Waals surface area contributed by atoms with E-state index in [1.54, 1.807) is 14.0 Å². The van der Waals surface area contributed by atoms with Crippen molar-refractivity contribution >= 4 is 0 Å². The summed E-state index contributed by atoms with van der Waals surface area (Å²) in [5.41, 5.74) is 0.823. The quantitative estimate of drug-likeness (QED) is 0.860. The van der Waals surface area contributed by atoms with Crippen LogP contribution in [0, 0.1) is 0 Å². The van der Waals surface area contributed by atoms with Gasteiger partial charge in [-0.3, -0.25) is 0 Å². The van der Waals surface area contributed by atoms with Crippen LogP contribution in [0.2, 0.25) is 0 Å². The Morgan fingerprint density at radius 2 is 2.26 bits per heavy atom. The molecule has 0 amide bonds. The molecule has 1 aromatic carbocycles. The van der Waals surface area contributed by atoms with Crippen LogP contribution in [-0.4, -0.2) is 31.5 Å². The first kappa shape index (κ1) is 14.2. The Kier molecular flexibility index (Phi) is 5.05. The average molecular weight is 266 g/mol. The summed E-state index contributed by atoms with van der Waals surface area (Å²) in [5.74, 6) is 1.37. The average Bonchev–Trinajstić information content (AvgIpc) is 2.92. The van der Waals surface area contributed by atoms with Gasteiger partial charge in [-0.15, -0.1) is 0 Å². The summed E-state index contributed by atoms with van der Waals surface area (Å²) in [4.78, 5) is 0. The predicted octanol–water partition coefficient (Wildman–Crippen LogP) is 2.70. The highest BCUT2D eigenvalue weighted by atomic mass is 16.5. The molecule has 19 heavy (non-hydrogen) atoms.